The quantitative estimate of drug-likeness (QED) is 0.825. The van der Waals surface area contributed by atoms with E-state index >= 15 is 0 Å². The van der Waals surface area contributed by atoms with Crippen LogP contribution in [0.3, 0.4) is 0 Å². The summed E-state index contributed by atoms with van der Waals surface area (Å²) in [6.07, 6.45) is -0.841. The highest BCUT2D eigenvalue weighted by Crippen LogP contribution is 2.33. The van der Waals surface area contributed by atoms with E-state index in [0.717, 1.165) is 0 Å². The Morgan fingerprint density at radius 3 is 2.62 bits per heavy atom. The molecule has 2 aromatic carbocycles. The molecule has 0 radical (unpaired) electrons. The molecule has 0 unspecified atom stereocenters. The monoisotopic (exact) mass is 377 g/mol. The van der Waals surface area contributed by atoms with E-state index < -0.39 is 18.0 Å². The fourth-order valence-corrected chi connectivity index (χ4v) is 2.66. The highest BCUT2D eigenvalue weighted by molar-refractivity contribution is 6.34. The minimum absolute atomic E-state index is 0.0673. The Morgan fingerprint density at radius 1 is 1.19 bits per heavy atom. The normalized spacial score (nSPS) is 15.1. The summed E-state index contributed by atoms with van der Waals surface area (Å²) in [5, 5.41) is 2.83. The smallest absolute Gasteiger partial charge is 0.341 e. The first-order chi connectivity index (χ1) is 12.5. The van der Waals surface area contributed by atoms with Crippen LogP contribution < -0.4 is 19.5 Å². The van der Waals surface area contributed by atoms with Gasteiger partial charge in [0.15, 0.2) is 11.5 Å². The van der Waals surface area contributed by atoms with Crippen molar-refractivity contribution in [2.24, 2.45) is 0 Å². The van der Waals surface area contributed by atoms with Crippen LogP contribution in [0, 0.1) is 0 Å². The molecule has 1 amide bonds. The topological polar surface area (TPSA) is 83.1 Å². The Hall–Kier alpha value is -2.93. The van der Waals surface area contributed by atoms with Crippen molar-refractivity contribution in [3.05, 3.63) is 47.0 Å². The maximum atomic E-state index is 12.5. The molecular formula is C18H16ClNO6. The summed E-state index contributed by atoms with van der Waals surface area (Å²) in [6, 6.07) is 9.90. The fourth-order valence-electron chi connectivity index (χ4n) is 2.45. The average molecular weight is 378 g/mol. The summed E-state index contributed by atoms with van der Waals surface area (Å²) >= 11 is 6.17. The first-order valence-corrected chi connectivity index (χ1v) is 8.06. The van der Waals surface area contributed by atoms with Crippen LogP contribution in [-0.4, -0.2) is 38.8 Å². The van der Waals surface area contributed by atoms with Crippen molar-refractivity contribution in [1.29, 1.82) is 0 Å². The number of hydrogen-bond donors (Lipinski definition) is 1. The van der Waals surface area contributed by atoms with Crippen LogP contribution in [0.1, 0.15) is 10.4 Å². The largest absolute Gasteiger partial charge is 0.496 e. The van der Waals surface area contributed by atoms with Crippen LogP contribution in [0.2, 0.25) is 5.02 Å². The number of hydrogen-bond acceptors (Lipinski definition) is 6. The molecule has 0 aromatic heterocycles. The van der Waals surface area contributed by atoms with E-state index in [0.29, 0.717) is 11.5 Å². The van der Waals surface area contributed by atoms with Gasteiger partial charge < -0.3 is 24.3 Å². The molecule has 3 rings (SSSR count). The minimum Gasteiger partial charge on any atom is -0.496 e. The van der Waals surface area contributed by atoms with E-state index in [1.807, 2.05) is 6.07 Å². The molecule has 1 atom stereocenters. The van der Waals surface area contributed by atoms with Gasteiger partial charge in [-0.25, -0.2) is 4.79 Å². The van der Waals surface area contributed by atoms with Gasteiger partial charge >= 0.3 is 5.97 Å². The van der Waals surface area contributed by atoms with E-state index in [4.69, 9.17) is 25.8 Å². The summed E-state index contributed by atoms with van der Waals surface area (Å²) < 4.78 is 21.0. The lowest BCUT2D eigenvalue weighted by atomic mass is 10.1. The van der Waals surface area contributed by atoms with Crippen molar-refractivity contribution in [3.8, 4) is 17.2 Å². The molecule has 136 valence electrons. The number of methoxy groups -OCH3 is 2. The molecule has 1 aliphatic heterocycles. The molecule has 1 N–H and O–H groups in total. The van der Waals surface area contributed by atoms with Crippen LogP contribution >= 0.6 is 11.6 Å². The maximum absolute atomic E-state index is 12.5. The number of carbonyl (C=O) groups is 2. The number of amides is 1. The van der Waals surface area contributed by atoms with Gasteiger partial charge in [0, 0.05) is 6.07 Å². The number of halogens is 1. The number of anilines is 1. The number of para-hydroxylation sites is 2. The van der Waals surface area contributed by atoms with Crippen molar-refractivity contribution >= 4 is 29.2 Å². The van der Waals surface area contributed by atoms with Crippen molar-refractivity contribution in [2.75, 3.05) is 26.1 Å². The molecule has 8 heteroatoms. The van der Waals surface area contributed by atoms with Crippen molar-refractivity contribution in [1.82, 2.24) is 0 Å². The van der Waals surface area contributed by atoms with Gasteiger partial charge in [-0.05, 0) is 18.2 Å². The van der Waals surface area contributed by atoms with Crippen molar-refractivity contribution in [2.45, 2.75) is 6.10 Å². The van der Waals surface area contributed by atoms with Gasteiger partial charge in [0.05, 0.1) is 24.9 Å². The summed E-state index contributed by atoms with van der Waals surface area (Å²) in [6.45, 7) is 0.0673. The van der Waals surface area contributed by atoms with Crippen molar-refractivity contribution in [3.63, 3.8) is 0 Å². The molecule has 0 spiro atoms. The predicted octanol–water partition coefficient (Wildman–Crippen LogP) is 2.91. The number of esters is 1. The molecule has 0 saturated heterocycles. The van der Waals surface area contributed by atoms with Gasteiger partial charge in [0.2, 0.25) is 6.10 Å². The molecule has 2 aromatic rings. The van der Waals surface area contributed by atoms with E-state index in [-0.39, 0.29) is 28.6 Å². The van der Waals surface area contributed by atoms with E-state index in [1.165, 1.54) is 26.4 Å². The third-order valence-corrected chi connectivity index (χ3v) is 4.07. The first-order valence-electron chi connectivity index (χ1n) is 7.68. The Labute approximate surface area is 154 Å². The van der Waals surface area contributed by atoms with E-state index in [2.05, 4.69) is 10.1 Å². The zero-order valence-electron chi connectivity index (χ0n) is 14.1. The number of fused-ring (bicyclic) bond motifs is 1. The second kappa shape index (κ2) is 7.53. The highest BCUT2D eigenvalue weighted by atomic mass is 35.5. The number of carbonyl (C=O) groups excluding carboxylic acids is 2. The summed E-state index contributed by atoms with van der Waals surface area (Å²) in [5.41, 5.74) is 0.438. The third-order valence-electron chi connectivity index (χ3n) is 3.75. The molecule has 0 bridgehead atoms. The molecule has 1 aliphatic rings. The molecule has 7 nitrogen and oxygen atoms in total. The lowest BCUT2D eigenvalue weighted by molar-refractivity contribution is -0.125. The van der Waals surface area contributed by atoms with Crippen LogP contribution in [0.5, 0.6) is 17.2 Å². The van der Waals surface area contributed by atoms with Gasteiger partial charge in [-0.1, -0.05) is 23.7 Å². The molecule has 1 heterocycles. The molecular weight excluding hydrogens is 362 g/mol. The Bertz CT molecular complexity index is 854. The predicted molar refractivity (Wildman–Crippen MR) is 94.3 cm³/mol. The van der Waals surface area contributed by atoms with Crippen LogP contribution in [0.15, 0.2) is 36.4 Å². The van der Waals surface area contributed by atoms with E-state index in [9.17, 15) is 9.59 Å². The van der Waals surface area contributed by atoms with Gasteiger partial charge in [-0.15, -0.1) is 0 Å². The van der Waals surface area contributed by atoms with Crippen LogP contribution in [0.25, 0.3) is 0 Å². The SMILES string of the molecule is COC(=O)c1cc(Cl)c(NC(=O)[C@H]2COc3ccccc3O2)cc1OC. The van der Waals surface area contributed by atoms with Gasteiger partial charge in [0.1, 0.15) is 17.9 Å². The number of rotatable bonds is 4. The Kier molecular flexibility index (Phi) is 5.18. The maximum Gasteiger partial charge on any atom is 0.341 e. The Balaban J connectivity index is 1.78. The first kappa shape index (κ1) is 17.9. The number of ether oxygens (including phenoxy) is 4. The van der Waals surface area contributed by atoms with Crippen LogP contribution in [0.4, 0.5) is 5.69 Å². The van der Waals surface area contributed by atoms with E-state index in [1.54, 1.807) is 18.2 Å². The summed E-state index contributed by atoms with van der Waals surface area (Å²) in [7, 11) is 2.65. The third kappa shape index (κ3) is 3.52. The average Bonchev–Trinajstić information content (AvgIpc) is 2.68. The summed E-state index contributed by atoms with van der Waals surface area (Å²) in [5.74, 6) is 0.265. The van der Waals surface area contributed by atoms with Gasteiger partial charge in [-0.2, -0.15) is 0 Å². The summed E-state index contributed by atoms with van der Waals surface area (Å²) in [4.78, 5) is 24.3. The molecule has 26 heavy (non-hydrogen) atoms. The van der Waals surface area contributed by atoms with Crippen LogP contribution in [-0.2, 0) is 9.53 Å². The number of benzene rings is 2. The molecule has 0 fully saturated rings. The minimum atomic E-state index is -0.841. The molecule has 0 saturated carbocycles. The van der Waals surface area contributed by atoms with Gasteiger partial charge in [-0.3, -0.25) is 4.79 Å². The zero-order valence-corrected chi connectivity index (χ0v) is 14.8. The Morgan fingerprint density at radius 2 is 1.92 bits per heavy atom. The number of nitrogens with one attached hydrogen (secondary N) is 1. The zero-order chi connectivity index (χ0) is 18.7. The fraction of sp³-hybridized carbons (Fsp3) is 0.222. The highest BCUT2D eigenvalue weighted by Gasteiger charge is 2.28. The van der Waals surface area contributed by atoms with Crippen molar-refractivity contribution < 1.29 is 28.5 Å². The molecule has 0 aliphatic carbocycles. The lowest BCUT2D eigenvalue weighted by Gasteiger charge is -2.25. The standard InChI is InChI=1S/C18H16ClNO6/c1-23-15-8-12(11(19)7-10(15)18(22)24-2)20-17(21)16-9-25-13-5-3-4-6-14(13)26-16/h3-8,16H,9H2,1-2H3,(H,20,21)/t16-/m1/s1. The lowest BCUT2D eigenvalue weighted by Crippen LogP contribution is -2.40. The second-order valence-electron chi connectivity index (χ2n) is 5.38. The second-order valence-corrected chi connectivity index (χ2v) is 5.78. The van der Waals surface area contributed by atoms with Gasteiger partial charge in [0.25, 0.3) is 5.91 Å².